The smallest absolute Gasteiger partial charge is 0.241 e. The van der Waals surface area contributed by atoms with Crippen molar-refractivity contribution in [2.45, 2.75) is 49.1 Å². The van der Waals surface area contributed by atoms with Crippen molar-refractivity contribution < 1.29 is 17.9 Å². The van der Waals surface area contributed by atoms with E-state index in [0.29, 0.717) is 17.9 Å². The van der Waals surface area contributed by atoms with Crippen LogP contribution in [0.4, 0.5) is 0 Å². The minimum absolute atomic E-state index is 0.0880. The number of aryl methyl sites for hydroxylation is 1. The van der Waals surface area contributed by atoms with E-state index in [-0.39, 0.29) is 23.3 Å². The monoisotopic (exact) mass is 512 g/mol. The van der Waals surface area contributed by atoms with Crippen LogP contribution in [0.5, 0.6) is 5.75 Å². The summed E-state index contributed by atoms with van der Waals surface area (Å²) in [5.41, 5.74) is 2.51. The summed E-state index contributed by atoms with van der Waals surface area (Å²) in [6.45, 7) is 6.04. The van der Waals surface area contributed by atoms with Crippen LogP contribution in [0.2, 0.25) is 0 Å². The Morgan fingerprint density at radius 3 is 2.31 bits per heavy atom. The molecule has 0 unspecified atom stereocenters. The summed E-state index contributed by atoms with van der Waals surface area (Å²) in [4.78, 5) is 14.5. The number of hydrogen-bond acceptors (Lipinski definition) is 5. The lowest BCUT2D eigenvalue weighted by molar-refractivity contribution is -0.123. The zero-order valence-electron chi connectivity index (χ0n) is 20.4. The van der Waals surface area contributed by atoms with Gasteiger partial charge in [0, 0.05) is 4.90 Å². The van der Waals surface area contributed by atoms with Crippen LogP contribution in [0.15, 0.2) is 82.6 Å². The van der Waals surface area contributed by atoms with Crippen molar-refractivity contribution in [1.29, 1.82) is 0 Å². The maximum Gasteiger partial charge on any atom is 0.241 e. The number of benzene rings is 3. The summed E-state index contributed by atoms with van der Waals surface area (Å²) in [6.07, 6.45) is 2.23. The second-order valence-electron chi connectivity index (χ2n) is 8.23. The molecule has 8 heteroatoms. The number of thioether (sulfide) groups is 1. The van der Waals surface area contributed by atoms with Crippen molar-refractivity contribution in [2.75, 3.05) is 12.9 Å². The molecule has 3 rings (SSSR count). The SMILES string of the molecule is CCOc1ccc(S(=O)(=O)N[C@@H](Cc2ccccc2)C(=O)N[C@H](C)c2ccc(SC)cc2)cc1C. The van der Waals surface area contributed by atoms with Gasteiger partial charge < -0.3 is 10.1 Å². The standard InChI is InChI=1S/C27H32N2O4S2/c1-5-33-26-16-15-24(17-19(26)2)35(31,32)29-25(18-21-9-7-6-8-10-21)27(30)28-20(3)22-11-13-23(34-4)14-12-22/h6-17,20,25,29H,5,18H2,1-4H3,(H,28,30)/t20-,25+/m1/s1. The molecule has 0 saturated heterocycles. The number of hydrogen-bond donors (Lipinski definition) is 2. The van der Waals surface area contributed by atoms with Crippen molar-refractivity contribution in [3.05, 3.63) is 89.5 Å². The van der Waals surface area contributed by atoms with Crippen LogP contribution in [0, 0.1) is 6.92 Å². The molecule has 6 nitrogen and oxygen atoms in total. The van der Waals surface area contributed by atoms with Crippen molar-refractivity contribution in [1.82, 2.24) is 10.0 Å². The lowest BCUT2D eigenvalue weighted by atomic mass is 10.0. The second kappa shape index (κ2) is 12.2. The molecular weight excluding hydrogens is 480 g/mol. The Morgan fingerprint density at radius 2 is 1.71 bits per heavy atom. The minimum atomic E-state index is -3.96. The van der Waals surface area contributed by atoms with Gasteiger partial charge in [0.1, 0.15) is 11.8 Å². The molecule has 35 heavy (non-hydrogen) atoms. The van der Waals surface area contributed by atoms with Crippen LogP contribution in [0.3, 0.4) is 0 Å². The van der Waals surface area contributed by atoms with Crippen molar-refractivity contribution >= 4 is 27.7 Å². The van der Waals surface area contributed by atoms with Gasteiger partial charge in [-0.3, -0.25) is 4.79 Å². The first-order chi connectivity index (χ1) is 16.7. The van der Waals surface area contributed by atoms with Gasteiger partial charge in [-0.2, -0.15) is 4.72 Å². The summed E-state index contributed by atoms with van der Waals surface area (Å²) >= 11 is 1.65. The van der Waals surface area contributed by atoms with E-state index in [1.54, 1.807) is 30.8 Å². The Kier molecular flexibility index (Phi) is 9.37. The average molecular weight is 513 g/mol. The fourth-order valence-corrected chi connectivity index (χ4v) is 5.38. The van der Waals surface area contributed by atoms with E-state index < -0.39 is 16.1 Å². The Labute approximate surface area is 212 Å². The number of rotatable bonds is 11. The zero-order valence-corrected chi connectivity index (χ0v) is 22.1. The molecule has 0 radical (unpaired) electrons. The average Bonchev–Trinajstić information content (AvgIpc) is 2.85. The molecule has 0 spiro atoms. The molecule has 0 aromatic heterocycles. The maximum atomic E-state index is 13.3. The molecule has 2 atom stereocenters. The summed E-state index contributed by atoms with van der Waals surface area (Å²) < 4.78 is 34.7. The molecule has 0 aliphatic rings. The van der Waals surface area contributed by atoms with Crippen molar-refractivity contribution in [2.24, 2.45) is 0 Å². The van der Waals surface area contributed by atoms with Gasteiger partial charge in [-0.15, -0.1) is 11.8 Å². The van der Waals surface area contributed by atoms with Gasteiger partial charge in [0.15, 0.2) is 0 Å². The van der Waals surface area contributed by atoms with Crippen LogP contribution in [-0.4, -0.2) is 33.2 Å². The third-order valence-corrected chi connectivity index (χ3v) is 7.84. The van der Waals surface area contributed by atoms with Gasteiger partial charge in [0.2, 0.25) is 15.9 Å². The largest absolute Gasteiger partial charge is 0.494 e. The van der Waals surface area contributed by atoms with Crippen molar-refractivity contribution in [3.8, 4) is 5.75 Å². The fourth-order valence-electron chi connectivity index (χ4n) is 3.69. The maximum absolute atomic E-state index is 13.3. The highest BCUT2D eigenvalue weighted by molar-refractivity contribution is 7.98. The molecule has 0 bridgehead atoms. The van der Waals surface area contributed by atoms with Crippen LogP contribution in [-0.2, 0) is 21.2 Å². The highest BCUT2D eigenvalue weighted by atomic mass is 32.2. The molecule has 0 fully saturated rings. The number of sulfonamides is 1. The van der Waals surface area contributed by atoms with E-state index in [1.807, 2.05) is 74.7 Å². The van der Waals surface area contributed by atoms with E-state index in [0.717, 1.165) is 16.0 Å². The highest BCUT2D eigenvalue weighted by Gasteiger charge is 2.27. The first-order valence-electron chi connectivity index (χ1n) is 11.5. The zero-order chi connectivity index (χ0) is 25.4. The summed E-state index contributed by atoms with van der Waals surface area (Å²) in [6, 6.07) is 20.7. The Morgan fingerprint density at radius 1 is 1.03 bits per heavy atom. The molecule has 1 amide bonds. The molecule has 0 aliphatic heterocycles. The van der Waals surface area contributed by atoms with E-state index in [1.165, 1.54) is 6.07 Å². The van der Waals surface area contributed by atoms with Gasteiger partial charge in [0.05, 0.1) is 17.5 Å². The fraction of sp³-hybridized carbons (Fsp3) is 0.296. The lowest BCUT2D eigenvalue weighted by Crippen LogP contribution is -2.48. The number of amides is 1. The second-order valence-corrected chi connectivity index (χ2v) is 10.8. The van der Waals surface area contributed by atoms with Gasteiger partial charge in [-0.1, -0.05) is 42.5 Å². The minimum Gasteiger partial charge on any atom is -0.494 e. The molecule has 186 valence electrons. The quantitative estimate of drug-likeness (QED) is 0.358. The number of carbonyl (C=O) groups excluding carboxylic acids is 1. The molecule has 0 saturated carbocycles. The first kappa shape index (κ1) is 26.8. The molecule has 2 N–H and O–H groups in total. The highest BCUT2D eigenvalue weighted by Crippen LogP contribution is 2.23. The molecule has 0 heterocycles. The number of nitrogens with one attached hydrogen (secondary N) is 2. The molecular formula is C27H32N2O4S2. The van der Waals surface area contributed by atoms with E-state index in [4.69, 9.17) is 4.74 Å². The Hall–Kier alpha value is -2.81. The molecule has 3 aromatic rings. The summed E-state index contributed by atoms with van der Waals surface area (Å²) in [7, 11) is -3.96. The van der Waals surface area contributed by atoms with E-state index in [2.05, 4.69) is 10.0 Å². The topological polar surface area (TPSA) is 84.5 Å². The predicted octanol–water partition coefficient (Wildman–Crippen LogP) is 4.88. The van der Waals surface area contributed by atoms with Crippen LogP contribution in [0.1, 0.15) is 36.6 Å². The van der Waals surface area contributed by atoms with Crippen LogP contribution >= 0.6 is 11.8 Å². The lowest BCUT2D eigenvalue weighted by Gasteiger charge is -2.22. The van der Waals surface area contributed by atoms with Crippen LogP contribution < -0.4 is 14.8 Å². The summed E-state index contributed by atoms with van der Waals surface area (Å²) in [5.74, 6) is 0.243. The van der Waals surface area contributed by atoms with Gasteiger partial charge >= 0.3 is 0 Å². The first-order valence-corrected chi connectivity index (χ1v) is 14.2. The van der Waals surface area contributed by atoms with Crippen LogP contribution in [0.25, 0.3) is 0 Å². The van der Waals surface area contributed by atoms with Gasteiger partial charge in [-0.25, -0.2) is 8.42 Å². The number of ether oxygens (including phenoxy) is 1. The predicted molar refractivity (Wildman–Crippen MR) is 141 cm³/mol. The normalized spacial score (nSPS) is 13.1. The Bertz CT molecular complexity index is 1230. The Balaban J connectivity index is 1.83. The van der Waals surface area contributed by atoms with Gasteiger partial charge in [0.25, 0.3) is 0 Å². The summed E-state index contributed by atoms with van der Waals surface area (Å²) in [5, 5.41) is 2.97. The molecule has 0 aliphatic carbocycles. The van der Waals surface area contributed by atoms with E-state index >= 15 is 0 Å². The number of carbonyl (C=O) groups is 1. The van der Waals surface area contributed by atoms with E-state index in [9.17, 15) is 13.2 Å². The third kappa shape index (κ3) is 7.34. The molecule has 3 aromatic carbocycles. The van der Waals surface area contributed by atoms with Gasteiger partial charge in [-0.05, 0) is 80.5 Å². The van der Waals surface area contributed by atoms with Crippen molar-refractivity contribution in [3.63, 3.8) is 0 Å². The third-order valence-electron chi connectivity index (χ3n) is 5.63.